The Hall–Kier alpha value is -1.88. The van der Waals surface area contributed by atoms with E-state index in [1.165, 1.54) is 0 Å². The lowest BCUT2D eigenvalue weighted by Gasteiger charge is -2.20. The number of amidine groups is 1. The molecule has 0 heterocycles. The molecule has 3 N–H and O–H groups in total. The van der Waals surface area contributed by atoms with Gasteiger partial charge in [-0.25, -0.2) is 4.79 Å². The summed E-state index contributed by atoms with van der Waals surface area (Å²) in [7, 11) is 0. The zero-order valence-electron chi connectivity index (χ0n) is 14.7. The largest absolute Gasteiger partial charge is 0.449 e. The first-order chi connectivity index (χ1) is 10.8. The molecule has 0 bridgehead atoms. The maximum atomic E-state index is 11.6. The third kappa shape index (κ3) is 8.35. The molecule has 0 aliphatic carbocycles. The van der Waals surface area contributed by atoms with Crippen molar-refractivity contribution in [3.05, 3.63) is 35.4 Å². The van der Waals surface area contributed by atoms with E-state index >= 15 is 0 Å². The molecule has 0 aliphatic rings. The first-order valence-electron chi connectivity index (χ1n) is 8.18. The Balaban J connectivity index is 2.43. The van der Waals surface area contributed by atoms with Gasteiger partial charge in [0.1, 0.15) is 5.84 Å². The molecular weight excluding hydrogens is 290 g/mol. The Morgan fingerprint density at radius 2 is 1.83 bits per heavy atom. The van der Waals surface area contributed by atoms with Gasteiger partial charge in [0.25, 0.3) is 0 Å². The molecule has 1 rings (SSSR count). The van der Waals surface area contributed by atoms with Crippen LogP contribution in [-0.4, -0.2) is 24.1 Å². The van der Waals surface area contributed by atoms with E-state index in [2.05, 4.69) is 38.3 Å². The van der Waals surface area contributed by atoms with Gasteiger partial charge in [0.05, 0.1) is 6.61 Å². The molecule has 0 radical (unpaired) electrons. The van der Waals surface area contributed by atoms with E-state index in [1.54, 1.807) is 0 Å². The van der Waals surface area contributed by atoms with E-state index in [0.29, 0.717) is 12.2 Å². The van der Waals surface area contributed by atoms with Gasteiger partial charge in [0.2, 0.25) is 0 Å². The molecule has 5 heteroatoms. The minimum absolute atomic E-state index is 0.0563. The zero-order chi connectivity index (χ0) is 17.3. The first kappa shape index (κ1) is 19.2. The number of unbranched alkanes of at least 4 members (excludes halogenated alkanes) is 2. The molecule has 0 aliphatic heterocycles. The van der Waals surface area contributed by atoms with Gasteiger partial charge < -0.3 is 10.1 Å². The normalized spacial score (nSPS) is 11.1. The third-order valence-electron chi connectivity index (χ3n) is 3.27. The fourth-order valence-corrected chi connectivity index (χ4v) is 1.88. The van der Waals surface area contributed by atoms with Gasteiger partial charge in [0.15, 0.2) is 0 Å². The van der Waals surface area contributed by atoms with E-state index in [0.717, 1.165) is 31.4 Å². The summed E-state index contributed by atoms with van der Waals surface area (Å²) in [6.45, 7) is 9.61. The molecule has 0 fully saturated rings. The summed E-state index contributed by atoms with van der Waals surface area (Å²) in [6, 6.07) is 7.58. The topological polar surface area (TPSA) is 74.2 Å². The molecule has 1 aromatic rings. The van der Waals surface area contributed by atoms with Crippen molar-refractivity contribution in [2.75, 3.05) is 6.61 Å². The second-order valence-corrected chi connectivity index (χ2v) is 6.64. The van der Waals surface area contributed by atoms with E-state index < -0.39 is 6.09 Å². The van der Waals surface area contributed by atoms with Crippen LogP contribution in [0.15, 0.2) is 24.3 Å². The smallest absolute Gasteiger partial charge is 0.412 e. The molecule has 0 saturated carbocycles. The molecule has 1 amide bonds. The average molecular weight is 319 g/mol. The lowest BCUT2D eigenvalue weighted by atomic mass is 10.1. The van der Waals surface area contributed by atoms with Gasteiger partial charge in [-0.3, -0.25) is 10.7 Å². The Morgan fingerprint density at radius 3 is 2.39 bits per heavy atom. The van der Waals surface area contributed by atoms with Crippen molar-refractivity contribution in [1.82, 2.24) is 10.6 Å². The van der Waals surface area contributed by atoms with Crippen LogP contribution in [0.2, 0.25) is 0 Å². The second-order valence-electron chi connectivity index (χ2n) is 6.64. The van der Waals surface area contributed by atoms with Gasteiger partial charge >= 0.3 is 6.09 Å². The predicted octanol–water partition coefficient (Wildman–Crippen LogP) is 3.82. The van der Waals surface area contributed by atoms with Crippen LogP contribution in [0, 0.1) is 5.41 Å². The Bertz CT molecular complexity index is 504. The lowest BCUT2D eigenvalue weighted by molar-refractivity contribution is 0.149. The maximum absolute atomic E-state index is 11.6. The summed E-state index contributed by atoms with van der Waals surface area (Å²) in [5.74, 6) is 0.0563. The second kappa shape index (κ2) is 9.30. The standard InChI is InChI=1S/C18H29N3O2/c1-5-6-7-12-23-17(22)21-16(19)15-10-8-14(9-11-15)13-20-18(2,3)4/h8-11,20H,5-7,12-13H2,1-4H3,(H2,19,21,22). The fourth-order valence-electron chi connectivity index (χ4n) is 1.88. The quantitative estimate of drug-likeness (QED) is 0.406. The van der Waals surface area contributed by atoms with Crippen LogP contribution >= 0.6 is 0 Å². The van der Waals surface area contributed by atoms with Crippen molar-refractivity contribution in [2.24, 2.45) is 0 Å². The molecule has 0 unspecified atom stereocenters. The minimum atomic E-state index is -0.565. The Labute approximate surface area is 139 Å². The monoisotopic (exact) mass is 319 g/mol. The summed E-state index contributed by atoms with van der Waals surface area (Å²) in [5, 5.41) is 13.8. The predicted molar refractivity (Wildman–Crippen MR) is 93.9 cm³/mol. The van der Waals surface area contributed by atoms with Gasteiger partial charge in [-0.2, -0.15) is 0 Å². The minimum Gasteiger partial charge on any atom is -0.449 e. The van der Waals surface area contributed by atoms with Gasteiger partial charge in [-0.1, -0.05) is 44.0 Å². The number of hydrogen-bond donors (Lipinski definition) is 3. The molecular formula is C18H29N3O2. The molecule has 23 heavy (non-hydrogen) atoms. The van der Waals surface area contributed by atoms with Crippen molar-refractivity contribution >= 4 is 11.9 Å². The first-order valence-corrected chi connectivity index (χ1v) is 8.18. The number of carbonyl (C=O) groups is 1. The number of carbonyl (C=O) groups excluding carboxylic acids is 1. The van der Waals surface area contributed by atoms with Crippen LogP contribution in [0.1, 0.15) is 58.1 Å². The molecule has 0 atom stereocenters. The van der Waals surface area contributed by atoms with Crippen LogP contribution < -0.4 is 10.6 Å². The van der Waals surface area contributed by atoms with Crippen molar-refractivity contribution in [3.63, 3.8) is 0 Å². The summed E-state index contributed by atoms with van der Waals surface area (Å²) in [5.41, 5.74) is 1.86. The fraction of sp³-hybridized carbons (Fsp3) is 0.556. The van der Waals surface area contributed by atoms with Crippen molar-refractivity contribution in [1.29, 1.82) is 5.41 Å². The van der Waals surface area contributed by atoms with Crippen LogP contribution in [0.25, 0.3) is 0 Å². The highest BCUT2D eigenvalue weighted by Gasteiger charge is 2.10. The highest BCUT2D eigenvalue weighted by molar-refractivity contribution is 6.04. The van der Waals surface area contributed by atoms with Crippen LogP contribution in [0.3, 0.4) is 0 Å². The molecule has 128 valence electrons. The van der Waals surface area contributed by atoms with Crippen molar-refractivity contribution < 1.29 is 9.53 Å². The van der Waals surface area contributed by atoms with E-state index in [-0.39, 0.29) is 11.4 Å². The van der Waals surface area contributed by atoms with Gasteiger partial charge in [-0.15, -0.1) is 0 Å². The Morgan fingerprint density at radius 1 is 1.17 bits per heavy atom. The number of amides is 1. The molecule has 0 spiro atoms. The SMILES string of the molecule is CCCCCOC(=O)NC(=N)c1ccc(CNC(C)(C)C)cc1. The summed E-state index contributed by atoms with van der Waals surface area (Å²) in [4.78, 5) is 11.6. The molecule has 0 aromatic heterocycles. The maximum Gasteiger partial charge on any atom is 0.412 e. The van der Waals surface area contributed by atoms with Crippen molar-refractivity contribution in [2.45, 2.75) is 59.0 Å². The van der Waals surface area contributed by atoms with E-state index in [1.807, 2.05) is 24.3 Å². The van der Waals surface area contributed by atoms with Crippen LogP contribution in [-0.2, 0) is 11.3 Å². The van der Waals surface area contributed by atoms with E-state index in [9.17, 15) is 4.79 Å². The summed E-state index contributed by atoms with van der Waals surface area (Å²) >= 11 is 0. The number of rotatable bonds is 7. The highest BCUT2D eigenvalue weighted by Crippen LogP contribution is 2.07. The van der Waals surface area contributed by atoms with Crippen LogP contribution in [0.5, 0.6) is 0 Å². The highest BCUT2D eigenvalue weighted by atomic mass is 16.5. The Kier molecular flexibility index (Phi) is 7.75. The number of nitrogens with one attached hydrogen (secondary N) is 3. The third-order valence-corrected chi connectivity index (χ3v) is 3.27. The van der Waals surface area contributed by atoms with Gasteiger partial charge in [-0.05, 0) is 32.8 Å². The number of benzene rings is 1. The summed E-state index contributed by atoms with van der Waals surface area (Å²) < 4.78 is 5.04. The number of ether oxygens (including phenoxy) is 1. The van der Waals surface area contributed by atoms with E-state index in [4.69, 9.17) is 10.1 Å². The number of hydrogen-bond acceptors (Lipinski definition) is 4. The lowest BCUT2D eigenvalue weighted by Crippen LogP contribution is -2.35. The number of alkyl carbamates (subject to hydrolysis) is 1. The summed E-state index contributed by atoms with van der Waals surface area (Å²) in [6.07, 6.45) is 2.41. The van der Waals surface area contributed by atoms with Gasteiger partial charge in [0, 0.05) is 17.6 Å². The average Bonchev–Trinajstić information content (AvgIpc) is 2.49. The van der Waals surface area contributed by atoms with Crippen molar-refractivity contribution in [3.8, 4) is 0 Å². The molecule has 5 nitrogen and oxygen atoms in total. The zero-order valence-corrected chi connectivity index (χ0v) is 14.7. The molecule has 0 saturated heterocycles. The molecule has 1 aromatic carbocycles. The van der Waals surface area contributed by atoms with Crippen LogP contribution in [0.4, 0.5) is 4.79 Å².